The lowest BCUT2D eigenvalue weighted by atomic mass is 10.3. The van der Waals surface area contributed by atoms with Crippen LogP contribution in [0.15, 0.2) is 29.2 Å². The third-order valence-electron chi connectivity index (χ3n) is 2.36. The maximum atomic E-state index is 11.9. The largest absolute Gasteiger partial charge is 0.384 e. The lowest BCUT2D eigenvalue weighted by molar-refractivity contribution is 0.584. The molecule has 4 nitrogen and oxygen atoms in total. The quantitative estimate of drug-likeness (QED) is 0.735. The molecule has 17 heavy (non-hydrogen) atoms. The highest BCUT2D eigenvalue weighted by Crippen LogP contribution is 2.20. The number of hydrogen-bond acceptors (Lipinski definition) is 3. The highest BCUT2D eigenvalue weighted by molar-refractivity contribution is 7.89. The molecule has 0 spiro atoms. The average molecular weight is 256 g/mol. The highest BCUT2D eigenvalue weighted by Gasteiger charge is 2.16. The van der Waals surface area contributed by atoms with Crippen molar-refractivity contribution in [3.05, 3.63) is 24.3 Å². The summed E-state index contributed by atoms with van der Waals surface area (Å²) in [5, 5.41) is 3.16. The van der Waals surface area contributed by atoms with Crippen molar-refractivity contribution >= 4 is 15.7 Å². The van der Waals surface area contributed by atoms with Gasteiger partial charge in [0.2, 0.25) is 10.0 Å². The Bertz CT molecular complexity index is 444. The monoisotopic (exact) mass is 256 g/mol. The molecule has 0 aromatic heterocycles. The van der Waals surface area contributed by atoms with Crippen LogP contribution in [-0.4, -0.2) is 21.5 Å². The summed E-state index contributed by atoms with van der Waals surface area (Å²) in [7, 11) is -3.39. The van der Waals surface area contributed by atoms with Gasteiger partial charge < -0.3 is 5.32 Å². The smallest absolute Gasteiger partial charge is 0.242 e. The lowest BCUT2D eigenvalue weighted by Crippen LogP contribution is -2.24. The Balaban J connectivity index is 2.91. The maximum Gasteiger partial charge on any atom is 0.242 e. The maximum absolute atomic E-state index is 11.9. The van der Waals surface area contributed by atoms with Gasteiger partial charge in [0.15, 0.2) is 0 Å². The topological polar surface area (TPSA) is 58.2 Å². The Morgan fingerprint density at radius 3 is 2.53 bits per heavy atom. The summed E-state index contributed by atoms with van der Waals surface area (Å²) in [4.78, 5) is 0.318. The second-order valence-corrected chi connectivity index (χ2v) is 5.51. The number of benzene rings is 1. The Morgan fingerprint density at radius 1 is 1.18 bits per heavy atom. The van der Waals surface area contributed by atoms with E-state index in [4.69, 9.17) is 0 Å². The predicted molar refractivity (Wildman–Crippen MR) is 70.7 cm³/mol. The fraction of sp³-hybridized carbons (Fsp3) is 0.500. The first-order valence-electron chi connectivity index (χ1n) is 5.94. The van der Waals surface area contributed by atoms with Crippen molar-refractivity contribution in [1.82, 2.24) is 4.72 Å². The van der Waals surface area contributed by atoms with Crippen molar-refractivity contribution in [2.45, 2.75) is 31.6 Å². The molecule has 0 aliphatic heterocycles. The molecular formula is C12H20N2O2S. The summed E-state index contributed by atoms with van der Waals surface area (Å²) >= 11 is 0. The summed E-state index contributed by atoms with van der Waals surface area (Å²) in [6.07, 6.45) is 2.10. The molecular weight excluding hydrogens is 236 g/mol. The Morgan fingerprint density at radius 2 is 1.88 bits per heavy atom. The minimum Gasteiger partial charge on any atom is -0.384 e. The van der Waals surface area contributed by atoms with E-state index < -0.39 is 10.0 Å². The van der Waals surface area contributed by atoms with Crippen LogP contribution in [0.5, 0.6) is 0 Å². The van der Waals surface area contributed by atoms with Crippen LogP contribution >= 0.6 is 0 Å². The zero-order valence-corrected chi connectivity index (χ0v) is 11.2. The Labute approximate surface area is 103 Å². The normalized spacial score (nSPS) is 11.4. The molecule has 96 valence electrons. The van der Waals surface area contributed by atoms with Crippen LogP contribution in [0.1, 0.15) is 26.7 Å². The molecule has 2 N–H and O–H groups in total. The molecule has 0 fully saturated rings. The minimum absolute atomic E-state index is 0.318. The molecule has 0 saturated carbocycles. The minimum atomic E-state index is -3.39. The molecule has 0 unspecified atom stereocenters. The van der Waals surface area contributed by atoms with Crippen molar-refractivity contribution in [1.29, 1.82) is 0 Å². The second kappa shape index (κ2) is 6.61. The van der Waals surface area contributed by atoms with E-state index in [1.54, 1.807) is 25.1 Å². The number of nitrogens with one attached hydrogen (secondary N) is 2. The van der Waals surface area contributed by atoms with Crippen LogP contribution in [0.25, 0.3) is 0 Å². The second-order valence-electron chi connectivity index (χ2n) is 3.78. The van der Waals surface area contributed by atoms with E-state index in [1.807, 2.05) is 6.07 Å². The molecule has 0 radical (unpaired) electrons. The number of para-hydroxylation sites is 1. The van der Waals surface area contributed by atoms with Crippen LogP contribution in [0.2, 0.25) is 0 Å². The van der Waals surface area contributed by atoms with Crippen molar-refractivity contribution in [2.24, 2.45) is 0 Å². The lowest BCUT2D eigenvalue weighted by Gasteiger charge is -2.12. The van der Waals surface area contributed by atoms with Gasteiger partial charge in [0.1, 0.15) is 4.90 Å². The molecule has 0 aliphatic rings. The van der Waals surface area contributed by atoms with Gasteiger partial charge in [0.05, 0.1) is 5.69 Å². The molecule has 5 heteroatoms. The first kappa shape index (κ1) is 14.0. The van der Waals surface area contributed by atoms with Gasteiger partial charge in [-0.2, -0.15) is 0 Å². The molecule has 0 heterocycles. The van der Waals surface area contributed by atoms with Gasteiger partial charge in [-0.05, 0) is 18.6 Å². The summed E-state index contributed by atoms with van der Waals surface area (Å²) in [5.74, 6) is 0. The first-order valence-corrected chi connectivity index (χ1v) is 7.42. The number of anilines is 1. The molecule has 1 aromatic carbocycles. The van der Waals surface area contributed by atoms with Crippen LogP contribution < -0.4 is 10.0 Å². The number of rotatable bonds is 7. The fourth-order valence-corrected chi connectivity index (χ4v) is 2.74. The third-order valence-corrected chi connectivity index (χ3v) is 3.96. The van der Waals surface area contributed by atoms with Gasteiger partial charge in [-0.25, -0.2) is 13.1 Å². The Kier molecular flexibility index (Phi) is 5.44. The molecule has 0 bridgehead atoms. The Hall–Kier alpha value is -1.07. The number of sulfonamides is 1. The van der Waals surface area contributed by atoms with Gasteiger partial charge >= 0.3 is 0 Å². The third kappa shape index (κ3) is 4.02. The number of hydrogen-bond donors (Lipinski definition) is 2. The molecule has 0 aliphatic carbocycles. The van der Waals surface area contributed by atoms with Gasteiger partial charge in [-0.1, -0.05) is 32.4 Å². The van der Waals surface area contributed by atoms with E-state index in [9.17, 15) is 8.42 Å². The summed E-state index contributed by atoms with van der Waals surface area (Å²) in [5.41, 5.74) is 0.668. The average Bonchev–Trinajstić information content (AvgIpc) is 2.30. The van der Waals surface area contributed by atoms with Crippen molar-refractivity contribution in [3.63, 3.8) is 0 Å². The number of unbranched alkanes of at least 4 members (excludes halogenated alkanes) is 1. The molecule has 0 amide bonds. The fourth-order valence-electron chi connectivity index (χ4n) is 1.51. The van der Waals surface area contributed by atoms with Gasteiger partial charge in [-0.15, -0.1) is 0 Å². The van der Waals surface area contributed by atoms with Gasteiger partial charge in [0, 0.05) is 13.1 Å². The molecule has 0 saturated heterocycles. The van der Waals surface area contributed by atoms with Crippen LogP contribution in [-0.2, 0) is 10.0 Å². The van der Waals surface area contributed by atoms with Crippen molar-refractivity contribution < 1.29 is 8.42 Å². The summed E-state index contributed by atoms with van der Waals surface area (Å²) in [6.45, 7) is 5.05. The van der Waals surface area contributed by atoms with Gasteiger partial charge in [-0.3, -0.25) is 0 Å². The van der Waals surface area contributed by atoms with E-state index in [2.05, 4.69) is 17.0 Å². The summed E-state index contributed by atoms with van der Waals surface area (Å²) < 4.78 is 26.4. The zero-order chi connectivity index (χ0) is 12.7. The standard InChI is InChI=1S/C12H20N2O2S/c1-3-5-10-13-11-8-6-7-9-12(11)17(15,16)14-4-2/h6-9,13-14H,3-5,10H2,1-2H3. The van der Waals surface area contributed by atoms with E-state index in [1.165, 1.54) is 0 Å². The first-order chi connectivity index (χ1) is 8.11. The highest BCUT2D eigenvalue weighted by atomic mass is 32.2. The van der Waals surface area contributed by atoms with Crippen molar-refractivity contribution in [3.8, 4) is 0 Å². The molecule has 0 atom stereocenters. The SMILES string of the molecule is CCCCNc1ccccc1S(=O)(=O)NCC. The van der Waals surface area contributed by atoms with Gasteiger partial charge in [0.25, 0.3) is 0 Å². The predicted octanol–water partition coefficient (Wildman–Crippen LogP) is 2.20. The van der Waals surface area contributed by atoms with Crippen LogP contribution in [0.3, 0.4) is 0 Å². The zero-order valence-electron chi connectivity index (χ0n) is 10.4. The van der Waals surface area contributed by atoms with Crippen LogP contribution in [0.4, 0.5) is 5.69 Å². The van der Waals surface area contributed by atoms with E-state index in [-0.39, 0.29) is 0 Å². The van der Waals surface area contributed by atoms with Crippen LogP contribution in [0, 0.1) is 0 Å². The molecule has 1 rings (SSSR count). The molecule has 1 aromatic rings. The summed E-state index contributed by atoms with van der Waals surface area (Å²) in [6, 6.07) is 6.97. The van der Waals surface area contributed by atoms with E-state index in [0.29, 0.717) is 17.1 Å². The van der Waals surface area contributed by atoms with Crippen molar-refractivity contribution in [2.75, 3.05) is 18.4 Å². The van der Waals surface area contributed by atoms with E-state index in [0.717, 1.165) is 19.4 Å². The van der Waals surface area contributed by atoms with E-state index >= 15 is 0 Å².